The average molecular weight is 274 g/mol. The van der Waals surface area contributed by atoms with E-state index in [4.69, 9.17) is 0 Å². The number of aryl methyl sites for hydroxylation is 2. The normalized spacial score (nSPS) is 10.4. The van der Waals surface area contributed by atoms with Gasteiger partial charge in [0.05, 0.1) is 4.88 Å². The highest BCUT2D eigenvalue weighted by atomic mass is 32.1. The Labute approximate surface area is 117 Å². The molecule has 0 fully saturated rings. The Bertz CT molecular complexity index is 549. The maximum atomic E-state index is 12.0. The van der Waals surface area contributed by atoms with Gasteiger partial charge in [-0.25, -0.2) is 0 Å². The molecule has 4 heteroatoms. The second kappa shape index (κ2) is 6.48. The summed E-state index contributed by atoms with van der Waals surface area (Å²) in [7, 11) is 0. The minimum atomic E-state index is 0.0247. The molecule has 19 heavy (non-hydrogen) atoms. The summed E-state index contributed by atoms with van der Waals surface area (Å²) in [6.45, 7) is 4.82. The minimum absolute atomic E-state index is 0.0247. The number of thiophene rings is 1. The third-order valence-corrected chi connectivity index (χ3v) is 4.14. The summed E-state index contributed by atoms with van der Waals surface area (Å²) in [6, 6.07) is 5.93. The lowest BCUT2D eigenvalue weighted by Gasteiger charge is -2.03. The number of amides is 1. The van der Waals surface area contributed by atoms with Crippen LogP contribution in [0.5, 0.6) is 0 Å². The van der Waals surface area contributed by atoms with Crippen molar-refractivity contribution in [1.82, 2.24) is 10.3 Å². The molecule has 0 atom stereocenters. The molecule has 2 aromatic rings. The summed E-state index contributed by atoms with van der Waals surface area (Å²) in [4.78, 5) is 18.1. The highest BCUT2D eigenvalue weighted by molar-refractivity contribution is 7.14. The minimum Gasteiger partial charge on any atom is -0.351 e. The fourth-order valence-corrected chi connectivity index (χ4v) is 2.97. The van der Waals surface area contributed by atoms with Crippen molar-refractivity contribution in [2.24, 2.45) is 0 Å². The van der Waals surface area contributed by atoms with Gasteiger partial charge in [-0.2, -0.15) is 0 Å². The number of nitrogens with one attached hydrogen (secondary N) is 1. The zero-order valence-electron chi connectivity index (χ0n) is 11.3. The fraction of sp³-hybridized carbons (Fsp3) is 0.333. The van der Waals surface area contributed by atoms with E-state index >= 15 is 0 Å². The molecule has 0 aliphatic rings. The molecule has 0 unspecified atom stereocenters. The third kappa shape index (κ3) is 3.64. The van der Waals surface area contributed by atoms with Crippen molar-refractivity contribution in [3.8, 4) is 0 Å². The SMILES string of the molecule is CCc1cc(C(=O)NCCc2cccnc2)sc1C. The summed E-state index contributed by atoms with van der Waals surface area (Å²) in [6.07, 6.45) is 5.37. The Balaban J connectivity index is 1.87. The fourth-order valence-electron chi connectivity index (χ4n) is 1.94. The highest BCUT2D eigenvalue weighted by Crippen LogP contribution is 2.21. The number of carbonyl (C=O) groups excluding carboxylic acids is 1. The van der Waals surface area contributed by atoms with Gasteiger partial charge in [0.15, 0.2) is 0 Å². The second-order valence-electron chi connectivity index (χ2n) is 4.41. The summed E-state index contributed by atoms with van der Waals surface area (Å²) in [5, 5.41) is 2.96. The molecule has 0 aliphatic carbocycles. The van der Waals surface area contributed by atoms with Crippen LogP contribution in [0.2, 0.25) is 0 Å². The van der Waals surface area contributed by atoms with Gasteiger partial charge in [0.1, 0.15) is 0 Å². The molecule has 0 spiro atoms. The van der Waals surface area contributed by atoms with Crippen LogP contribution in [-0.2, 0) is 12.8 Å². The van der Waals surface area contributed by atoms with Crippen LogP contribution in [0.1, 0.15) is 32.6 Å². The van der Waals surface area contributed by atoms with Crippen LogP contribution in [0.3, 0.4) is 0 Å². The number of rotatable bonds is 5. The lowest BCUT2D eigenvalue weighted by atomic mass is 10.2. The quantitative estimate of drug-likeness (QED) is 0.910. The number of hydrogen-bond acceptors (Lipinski definition) is 3. The lowest BCUT2D eigenvalue weighted by molar-refractivity contribution is 0.0958. The molecule has 0 saturated carbocycles. The first kappa shape index (κ1) is 13.7. The van der Waals surface area contributed by atoms with E-state index in [1.807, 2.05) is 24.4 Å². The molecule has 3 nitrogen and oxygen atoms in total. The Morgan fingerprint density at radius 2 is 2.32 bits per heavy atom. The first-order chi connectivity index (χ1) is 9.20. The van der Waals surface area contributed by atoms with E-state index in [1.165, 1.54) is 10.4 Å². The molecule has 2 heterocycles. The highest BCUT2D eigenvalue weighted by Gasteiger charge is 2.10. The van der Waals surface area contributed by atoms with E-state index in [1.54, 1.807) is 17.5 Å². The van der Waals surface area contributed by atoms with E-state index < -0.39 is 0 Å². The van der Waals surface area contributed by atoms with Crippen LogP contribution in [-0.4, -0.2) is 17.4 Å². The van der Waals surface area contributed by atoms with Gasteiger partial charge in [0.25, 0.3) is 5.91 Å². The Kier molecular flexibility index (Phi) is 4.68. The van der Waals surface area contributed by atoms with Crippen molar-refractivity contribution in [2.45, 2.75) is 26.7 Å². The van der Waals surface area contributed by atoms with E-state index in [2.05, 4.69) is 24.1 Å². The number of nitrogens with zero attached hydrogens (tertiary/aromatic N) is 1. The summed E-state index contributed by atoms with van der Waals surface area (Å²) >= 11 is 1.57. The second-order valence-corrected chi connectivity index (χ2v) is 5.67. The zero-order chi connectivity index (χ0) is 13.7. The molecule has 0 bridgehead atoms. The first-order valence-electron chi connectivity index (χ1n) is 6.47. The lowest BCUT2D eigenvalue weighted by Crippen LogP contribution is -2.24. The molecular formula is C15H18N2OS. The van der Waals surface area contributed by atoms with Gasteiger partial charge in [0, 0.05) is 23.8 Å². The van der Waals surface area contributed by atoms with Crippen molar-refractivity contribution in [3.05, 3.63) is 51.5 Å². The number of hydrogen-bond donors (Lipinski definition) is 1. The number of aromatic nitrogens is 1. The predicted octanol–water partition coefficient (Wildman–Crippen LogP) is 2.99. The Hall–Kier alpha value is -1.68. The van der Waals surface area contributed by atoms with Gasteiger partial charge in [-0.05, 0) is 43.0 Å². The molecule has 100 valence electrons. The standard InChI is InChI=1S/C15H18N2OS/c1-3-13-9-14(19-11(13)2)15(18)17-8-6-12-5-4-7-16-10-12/h4-5,7,9-10H,3,6,8H2,1-2H3,(H,17,18). The van der Waals surface area contributed by atoms with Crippen molar-refractivity contribution in [1.29, 1.82) is 0 Å². The van der Waals surface area contributed by atoms with Gasteiger partial charge in [-0.15, -0.1) is 11.3 Å². The molecular weight excluding hydrogens is 256 g/mol. The molecule has 0 aliphatic heterocycles. The van der Waals surface area contributed by atoms with E-state index in [9.17, 15) is 4.79 Å². The summed E-state index contributed by atoms with van der Waals surface area (Å²) in [5.74, 6) is 0.0247. The third-order valence-electron chi connectivity index (χ3n) is 3.05. The van der Waals surface area contributed by atoms with Crippen molar-refractivity contribution < 1.29 is 4.79 Å². The van der Waals surface area contributed by atoms with Crippen LogP contribution in [0.25, 0.3) is 0 Å². The molecule has 2 rings (SSSR count). The smallest absolute Gasteiger partial charge is 0.261 e. The predicted molar refractivity (Wildman–Crippen MR) is 78.7 cm³/mol. The number of pyridine rings is 1. The van der Waals surface area contributed by atoms with Gasteiger partial charge in [-0.3, -0.25) is 9.78 Å². The van der Waals surface area contributed by atoms with Crippen LogP contribution < -0.4 is 5.32 Å². The largest absolute Gasteiger partial charge is 0.351 e. The van der Waals surface area contributed by atoms with Gasteiger partial charge >= 0.3 is 0 Å². The summed E-state index contributed by atoms with van der Waals surface area (Å²) in [5.41, 5.74) is 2.40. The van der Waals surface area contributed by atoms with Gasteiger partial charge in [-0.1, -0.05) is 13.0 Å². The van der Waals surface area contributed by atoms with Crippen LogP contribution in [0.15, 0.2) is 30.6 Å². The molecule has 1 N–H and O–H groups in total. The van der Waals surface area contributed by atoms with Crippen LogP contribution in [0.4, 0.5) is 0 Å². The zero-order valence-corrected chi connectivity index (χ0v) is 12.1. The molecule has 1 amide bonds. The van der Waals surface area contributed by atoms with Gasteiger partial charge in [0.2, 0.25) is 0 Å². The monoisotopic (exact) mass is 274 g/mol. The topological polar surface area (TPSA) is 42.0 Å². The van der Waals surface area contributed by atoms with E-state index in [-0.39, 0.29) is 5.91 Å². The van der Waals surface area contributed by atoms with Gasteiger partial charge < -0.3 is 5.32 Å². The molecule has 2 aromatic heterocycles. The molecule has 0 radical (unpaired) electrons. The van der Waals surface area contributed by atoms with Crippen LogP contribution >= 0.6 is 11.3 Å². The van der Waals surface area contributed by atoms with Crippen LogP contribution in [0, 0.1) is 6.92 Å². The van der Waals surface area contributed by atoms with Crippen molar-refractivity contribution >= 4 is 17.2 Å². The van der Waals surface area contributed by atoms with Crippen molar-refractivity contribution in [3.63, 3.8) is 0 Å². The van der Waals surface area contributed by atoms with E-state index in [0.29, 0.717) is 6.54 Å². The molecule has 0 aromatic carbocycles. The number of carbonyl (C=O) groups is 1. The Morgan fingerprint density at radius 1 is 1.47 bits per heavy atom. The van der Waals surface area contributed by atoms with E-state index in [0.717, 1.165) is 23.3 Å². The maximum absolute atomic E-state index is 12.0. The maximum Gasteiger partial charge on any atom is 0.261 e. The first-order valence-corrected chi connectivity index (χ1v) is 7.28. The average Bonchev–Trinajstić information content (AvgIpc) is 2.81. The molecule has 0 saturated heterocycles. The Morgan fingerprint density at radius 3 is 2.95 bits per heavy atom. The summed E-state index contributed by atoms with van der Waals surface area (Å²) < 4.78 is 0. The van der Waals surface area contributed by atoms with Crippen molar-refractivity contribution in [2.75, 3.05) is 6.54 Å².